The highest BCUT2D eigenvalue weighted by Gasteiger charge is 2.33. The van der Waals surface area contributed by atoms with E-state index in [1.807, 2.05) is 0 Å². The van der Waals surface area contributed by atoms with E-state index in [-0.39, 0.29) is 23.6 Å². The Kier molecular flexibility index (Phi) is 3.35. The number of rotatable bonds is 3. The molecule has 1 heterocycles. The first kappa shape index (κ1) is 13.8. The number of halogens is 3. The minimum Gasteiger partial charge on any atom is -0.382 e. The van der Waals surface area contributed by atoms with Crippen LogP contribution in [0.4, 0.5) is 19.0 Å². The monoisotopic (exact) mass is 285 g/mol. The number of nitrogens with zero attached hydrogens (tertiary/aromatic N) is 3. The molecule has 0 aliphatic heterocycles. The van der Waals surface area contributed by atoms with Crippen molar-refractivity contribution in [2.75, 3.05) is 5.73 Å². The molecule has 0 bridgehead atoms. The van der Waals surface area contributed by atoms with E-state index in [1.54, 1.807) is 0 Å². The van der Waals surface area contributed by atoms with Crippen molar-refractivity contribution in [3.05, 3.63) is 41.1 Å². The minimum absolute atomic E-state index is 0.0346. The number of amides is 1. The number of hydrogen-bond acceptors (Lipinski definition) is 4. The van der Waals surface area contributed by atoms with Crippen LogP contribution in [0.3, 0.4) is 0 Å². The van der Waals surface area contributed by atoms with E-state index in [4.69, 9.17) is 11.5 Å². The van der Waals surface area contributed by atoms with Crippen molar-refractivity contribution in [2.45, 2.75) is 12.7 Å². The van der Waals surface area contributed by atoms with Crippen LogP contribution in [0.25, 0.3) is 0 Å². The highest BCUT2D eigenvalue weighted by molar-refractivity contribution is 5.94. The molecular weight excluding hydrogens is 275 g/mol. The summed E-state index contributed by atoms with van der Waals surface area (Å²) in [5.41, 5.74) is 9.47. The third-order valence-corrected chi connectivity index (χ3v) is 2.65. The summed E-state index contributed by atoms with van der Waals surface area (Å²) in [7, 11) is 0. The third-order valence-electron chi connectivity index (χ3n) is 2.65. The molecule has 0 aliphatic carbocycles. The summed E-state index contributed by atoms with van der Waals surface area (Å²) >= 11 is 0. The fraction of sp³-hybridized carbons (Fsp3) is 0.182. The Hall–Kier alpha value is -2.58. The Balaban J connectivity index is 2.39. The number of carbonyl (C=O) groups excluding carboxylic acids is 1. The van der Waals surface area contributed by atoms with Crippen molar-refractivity contribution < 1.29 is 18.0 Å². The lowest BCUT2D eigenvalue weighted by atomic mass is 10.1. The summed E-state index contributed by atoms with van der Waals surface area (Å²) in [6.45, 7) is -0.262. The largest absolute Gasteiger partial charge is 0.416 e. The molecule has 1 aromatic heterocycles. The first-order valence-corrected chi connectivity index (χ1v) is 5.44. The van der Waals surface area contributed by atoms with Crippen molar-refractivity contribution in [2.24, 2.45) is 5.73 Å². The summed E-state index contributed by atoms with van der Waals surface area (Å²) in [6, 6.07) is 5.00. The van der Waals surface area contributed by atoms with Crippen molar-refractivity contribution in [1.82, 2.24) is 15.0 Å². The van der Waals surface area contributed by atoms with Gasteiger partial charge in [-0.05, 0) is 11.6 Å². The van der Waals surface area contributed by atoms with Crippen LogP contribution in [0.5, 0.6) is 0 Å². The van der Waals surface area contributed by atoms with E-state index in [0.29, 0.717) is 0 Å². The van der Waals surface area contributed by atoms with Crippen LogP contribution in [0.1, 0.15) is 21.6 Å². The summed E-state index contributed by atoms with van der Waals surface area (Å²) in [5.74, 6) is -1.06. The number of benzene rings is 1. The molecule has 0 unspecified atom stereocenters. The predicted octanol–water partition coefficient (Wildman–Crippen LogP) is 1.03. The van der Waals surface area contributed by atoms with Crippen LogP contribution in [0.15, 0.2) is 24.3 Å². The average molecular weight is 285 g/mol. The molecule has 4 N–H and O–H groups in total. The van der Waals surface area contributed by atoms with E-state index >= 15 is 0 Å². The maximum atomic E-state index is 12.8. The van der Waals surface area contributed by atoms with Gasteiger partial charge in [0.1, 0.15) is 0 Å². The van der Waals surface area contributed by atoms with Gasteiger partial charge in [0.05, 0.1) is 12.1 Å². The van der Waals surface area contributed by atoms with E-state index in [9.17, 15) is 18.0 Å². The number of alkyl halides is 3. The Labute approximate surface area is 111 Å². The number of carbonyl (C=O) groups is 1. The summed E-state index contributed by atoms with van der Waals surface area (Å²) in [6.07, 6.45) is -4.49. The Morgan fingerprint density at radius 1 is 1.30 bits per heavy atom. The van der Waals surface area contributed by atoms with Gasteiger partial charge in [-0.25, -0.2) is 4.68 Å². The second-order valence-electron chi connectivity index (χ2n) is 4.00. The zero-order valence-corrected chi connectivity index (χ0v) is 10.1. The van der Waals surface area contributed by atoms with E-state index in [0.717, 1.165) is 10.7 Å². The second-order valence-corrected chi connectivity index (χ2v) is 4.00. The zero-order valence-electron chi connectivity index (χ0n) is 10.1. The minimum atomic E-state index is -4.49. The summed E-state index contributed by atoms with van der Waals surface area (Å²) in [5, 5.41) is 6.96. The molecule has 2 rings (SSSR count). The van der Waals surface area contributed by atoms with Gasteiger partial charge in [-0.2, -0.15) is 13.2 Å². The van der Waals surface area contributed by atoms with Gasteiger partial charge in [0.25, 0.3) is 5.91 Å². The van der Waals surface area contributed by atoms with Gasteiger partial charge >= 0.3 is 6.18 Å². The van der Waals surface area contributed by atoms with Gasteiger partial charge in [0, 0.05) is 0 Å². The molecule has 1 amide bonds. The molecular formula is C11H10F3N5O. The van der Waals surface area contributed by atoms with Crippen LogP contribution in [-0.4, -0.2) is 20.9 Å². The van der Waals surface area contributed by atoms with Crippen molar-refractivity contribution >= 4 is 11.7 Å². The van der Waals surface area contributed by atoms with E-state index in [2.05, 4.69) is 10.3 Å². The quantitative estimate of drug-likeness (QED) is 0.879. The highest BCUT2D eigenvalue weighted by atomic mass is 19.4. The fourth-order valence-corrected chi connectivity index (χ4v) is 1.71. The molecule has 1 aromatic carbocycles. The summed E-state index contributed by atoms with van der Waals surface area (Å²) < 4.78 is 39.5. The smallest absolute Gasteiger partial charge is 0.382 e. The predicted molar refractivity (Wildman–Crippen MR) is 63.5 cm³/mol. The van der Waals surface area contributed by atoms with Gasteiger partial charge in [-0.15, -0.1) is 5.10 Å². The van der Waals surface area contributed by atoms with Crippen molar-refractivity contribution in [3.63, 3.8) is 0 Å². The van der Waals surface area contributed by atoms with Crippen molar-refractivity contribution in [3.8, 4) is 0 Å². The Morgan fingerprint density at radius 2 is 1.95 bits per heavy atom. The van der Waals surface area contributed by atoms with Crippen LogP contribution < -0.4 is 11.5 Å². The first-order valence-electron chi connectivity index (χ1n) is 5.44. The standard InChI is InChI=1S/C11H10F3N5O/c12-11(13,14)7-4-2-1-3-6(7)5-19-9(15)8(10(16)20)17-18-19/h1-4H,5,15H2,(H2,16,20). The molecule has 0 aliphatic rings. The average Bonchev–Trinajstić information content (AvgIpc) is 2.70. The lowest BCUT2D eigenvalue weighted by Crippen LogP contribution is -2.16. The molecule has 0 saturated heterocycles. The molecule has 0 radical (unpaired) electrons. The van der Waals surface area contributed by atoms with Gasteiger partial charge < -0.3 is 11.5 Å². The van der Waals surface area contributed by atoms with Crippen LogP contribution >= 0.6 is 0 Å². The number of primary amides is 1. The lowest BCUT2D eigenvalue weighted by Gasteiger charge is -2.12. The summed E-state index contributed by atoms with van der Waals surface area (Å²) in [4.78, 5) is 11.0. The van der Waals surface area contributed by atoms with Crippen LogP contribution in [0, 0.1) is 0 Å². The molecule has 6 nitrogen and oxygen atoms in total. The van der Waals surface area contributed by atoms with E-state index in [1.165, 1.54) is 18.2 Å². The maximum absolute atomic E-state index is 12.8. The normalized spacial score (nSPS) is 11.6. The fourth-order valence-electron chi connectivity index (χ4n) is 1.71. The molecule has 0 saturated carbocycles. The number of anilines is 1. The Bertz CT molecular complexity index is 650. The first-order chi connectivity index (χ1) is 9.30. The number of hydrogen-bond donors (Lipinski definition) is 2. The maximum Gasteiger partial charge on any atom is 0.416 e. The molecule has 0 atom stereocenters. The number of aromatic nitrogens is 3. The SMILES string of the molecule is NC(=O)c1nnn(Cc2ccccc2C(F)(F)F)c1N. The zero-order chi connectivity index (χ0) is 14.9. The molecule has 9 heteroatoms. The topological polar surface area (TPSA) is 99.8 Å². The molecule has 106 valence electrons. The van der Waals surface area contributed by atoms with Gasteiger partial charge in [0.15, 0.2) is 11.5 Å². The lowest BCUT2D eigenvalue weighted by molar-refractivity contribution is -0.138. The molecule has 2 aromatic rings. The second kappa shape index (κ2) is 4.83. The molecule has 0 spiro atoms. The van der Waals surface area contributed by atoms with Gasteiger partial charge in [0.2, 0.25) is 0 Å². The number of nitrogen functional groups attached to an aromatic ring is 1. The third kappa shape index (κ3) is 2.56. The van der Waals surface area contributed by atoms with E-state index < -0.39 is 17.6 Å². The van der Waals surface area contributed by atoms with Gasteiger partial charge in [-0.1, -0.05) is 23.4 Å². The van der Waals surface area contributed by atoms with Crippen molar-refractivity contribution in [1.29, 1.82) is 0 Å². The van der Waals surface area contributed by atoms with Crippen LogP contribution in [0.2, 0.25) is 0 Å². The number of nitrogens with two attached hydrogens (primary N) is 2. The molecule has 0 fully saturated rings. The van der Waals surface area contributed by atoms with Gasteiger partial charge in [-0.3, -0.25) is 4.79 Å². The van der Waals surface area contributed by atoms with Crippen LogP contribution in [-0.2, 0) is 12.7 Å². The highest BCUT2D eigenvalue weighted by Crippen LogP contribution is 2.32. The molecule has 20 heavy (non-hydrogen) atoms. The Morgan fingerprint density at radius 3 is 2.50 bits per heavy atom.